The highest BCUT2D eigenvalue weighted by molar-refractivity contribution is 8.00. The molecule has 150 valence electrons. The monoisotopic (exact) mass is 410 g/mol. The number of amides is 1. The molecule has 7 nitrogen and oxygen atoms in total. The molecule has 0 fully saturated rings. The van der Waals surface area contributed by atoms with E-state index in [1.165, 1.54) is 17.3 Å². The van der Waals surface area contributed by atoms with Crippen molar-refractivity contribution >= 4 is 17.7 Å². The topological polar surface area (TPSA) is 78.3 Å². The lowest BCUT2D eigenvalue weighted by atomic mass is 10.2. The maximum Gasteiger partial charge on any atom is 0.233 e. The number of carbonyl (C=O) groups is 1. The number of hydrogen-bond acceptors (Lipinski definition) is 6. The summed E-state index contributed by atoms with van der Waals surface area (Å²) in [5.74, 6) is 2.16. The molecule has 3 aromatic rings. The van der Waals surface area contributed by atoms with Crippen LogP contribution in [-0.2, 0) is 11.3 Å². The lowest BCUT2D eigenvalue weighted by Crippen LogP contribution is -2.30. The molecule has 1 atom stereocenters. The molecule has 1 aromatic heterocycles. The summed E-state index contributed by atoms with van der Waals surface area (Å²) in [5, 5.41) is 11.8. The third-order valence-corrected chi connectivity index (χ3v) is 5.69. The van der Waals surface area contributed by atoms with Gasteiger partial charge in [0.2, 0.25) is 12.7 Å². The molecule has 0 bridgehead atoms. The van der Waals surface area contributed by atoms with Crippen LogP contribution in [0.2, 0.25) is 0 Å². The van der Waals surface area contributed by atoms with Gasteiger partial charge in [0.05, 0.1) is 5.25 Å². The van der Waals surface area contributed by atoms with Crippen molar-refractivity contribution in [2.45, 2.75) is 37.7 Å². The SMILES string of the molecule is Cc1ccc(-n2c(C)nnc2SC(C)C(=O)NCc2ccc3c(c2)OCO3)cc1. The summed E-state index contributed by atoms with van der Waals surface area (Å²) in [4.78, 5) is 12.6. The average Bonchev–Trinajstić information content (AvgIpc) is 3.33. The first kappa shape index (κ1) is 19.3. The number of ether oxygens (including phenoxy) is 2. The van der Waals surface area contributed by atoms with E-state index in [1.807, 2.05) is 67.8 Å². The molecule has 0 saturated carbocycles. The highest BCUT2D eigenvalue weighted by Gasteiger charge is 2.20. The van der Waals surface area contributed by atoms with E-state index in [0.717, 1.165) is 22.8 Å². The first-order valence-corrected chi connectivity index (χ1v) is 10.2. The molecule has 8 heteroatoms. The van der Waals surface area contributed by atoms with Crippen LogP contribution in [0.1, 0.15) is 23.9 Å². The lowest BCUT2D eigenvalue weighted by Gasteiger charge is -2.13. The maximum atomic E-state index is 12.6. The molecule has 1 amide bonds. The number of thioether (sulfide) groups is 1. The van der Waals surface area contributed by atoms with Gasteiger partial charge >= 0.3 is 0 Å². The quantitative estimate of drug-likeness (QED) is 0.628. The van der Waals surface area contributed by atoms with Gasteiger partial charge in [-0.05, 0) is 50.6 Å². The van der Waals surface area contributed by atoms with Crippen molar-refractivity contribution in [2.75, 3.05) is 6.79 Å². The smallest absolute Gasteiger partial charge is 0.233 e. The van der Waals surface area contributed by atoms with Crippen molar-refractivity contribution in [3.63, 3.8) is 0 Å². The van der Waals surface area contributed by atoms with Crippen molar-refractivity contribution in [2.24, 2.45) is 0 Å². The third kappa shape index (κ3) is 4.22. The second kappa shape index (κ2) is 8.16. The van der Waals surface area contributed by atoms with Gasteiger partial charge in [-0.1, -0.05) is 35.5 Å². The van der Waals surface area contributed by atoms with Crippen LogP contribution < -0.4 is 14.8 Å². The Labute approximate surface area is 173 Å². The van der Waals surface area contributed by atoms with Crippen LogP contribution in [0.15, 0.2) is 47.6 Å². The van der Waals surface area contributed by atoms with Crippen molar-refractivity contribution in [3.8, 4) is 17.2 Å². The third-order valence-electron chi connectivity index (χ3n) is 4.64. The number of carbonyl (C=O) groups excluding carboxylic acids is 1. The zero-order valence-electron chi connectivity index (χ0n) is 16.5. The Bertz CT molecular complexity index is 1030. The molecule has 1 aliphatic heterocycles. The van der Waals surface area contributed by atoms with Gasteiger partial charge in [0.1, 0.15) is 5.82 Å². The minimum atomic E-state index is -0.322. The summed E-state index contributed by atoms with van der Waals surface area (Å²) in [5.41, 5.74) is 3.12. The predicted octanol–water partition coefficient (Wildman–Crippen LogP) is 3.41. The number of fused-ring (bicyclic) bond motifs is 1. The second-order valence-electron chi connectivity index (χ2n) is 6.87. The van der Waals surface area contributed by atoms with E-state index in [2.05, 4.69) is 15.5 Å². The normalized spacial score (nSPS) is 13.3. The number of benzene rings is 2. The van der Waals surface area contributed by atoms with Gasteiger partial charge in [0.15, 0.2) is 16.7 Å². The minimum Gasteiger partial charge on any atom is -0.454 e. The Balaban J connectivity index is 1.41. The fraction of sp³-hybridized carbons (Fsp3) is 0.286. The molecule has 2 heterocycles. The van der Waals surface area contributed by atoms with Crippen molar-refractivity contribution in [1.29, 1.82) is 0 Å². The van der Waals surface area contributed by atoms with E-state index in [4.69, 9.17) is 9.47 Å². The first-order chi connectivity index (χ1) is 14.0. The molecule has 0 radical (unpaired) electrons. The largest absolute Gasteiger partial charge is 0.454 e. The van der Waals surface area contributed by atoms with E-state index < -0.39 is 0 Å². The molecule has 1 aliphatic rings. The highest BCUT2D eigenvalue weighted by atomic mass is 32.2. The zero-order chi connectivity index (χ0) is 20.4. The Kier molecular flexibility index (Phi) is 5.44. The van der Waals surface area contributed by atoms with Crippen molar-refractivity contribution < 1.29 is 14.3 Å². The van der Waals surface area contributed by atoms with Crippen LogP contribution >= 0.6 is 11.8 Å². The molecular weight excluding hydrogens is 388 g/mol. The number of aryl methyl sites for hydroxylation is 2. The summed E-state index contributed by atoms with van der Waals surface area (Å²) in [6.07, 6.45) is 0. The Morgan fingerprint density at radius 1 is 1.14 bits per heavy atom. The fourth-order valence-corrected chi connectivity index (χ4v) is 3.94. The fourth-order valence-electron chi connectivity index (χ4n) is 3.01. The predicted molar refractivity (Wildman–Crippen MR) is 111 cm³/mol. The number of nitrogens with zero attached hydrogens (tertiary/aromatic N) is 3. The van der Waals surface area contributed by atoms with Gasteiger partial charge in [-0.3, -0.25) is 9.36 Å². The standard InChI is InChI=1S/C21H22N4O3S/c1-13-4-7-17(8-5-13)25-15(3)23-24-21(25)29-14(2)20(26)22-11-16-6-9-18-19(10-16)28-12-27-18/h4-10,14H,11-12H2,1-3H3,(H,22,26). The molecule has 1 unspecified atom stereocenters. The number of aromatic nitrogens is 3. The van der Waals surface area contributed by atoms with Crippen molar-refractivity contribution in [3.05, 3.63) is 59.4 Å². The van der Waals surface area contributed by atoms with Gasteiger partial charge in [0.25, 0.3) is 0 Å². The van der Waals surface area contributed by atoms with Gasteiger partial charge in [-0.2, -0.15) is 0 Å². The zero-order valence-corrected chi connectivity index (χ0v) is 17.3. The molecule has 4 rings (SSSR count). The summed E-state index contributed by atoms with van der Waals surface area (Å²) in [6.45, 7) is 6.47. The van der Waals surface area contributed by atoms with Crippen LogP contribution in [0.3, 0.4) is 0 Å². The van der Waals surface area contributed by atoms with E-state index in [9.17, 15) is 4.79 Å². The van der Waals surface area contributed by atoms with Crippen LogP contribution in [0.5, 0.6) is 11.5 Å². The van der Waals surface area contributed by atoms with Crippen LogP contribution in [0.25, 0.3) is 5.69 Å². The van der Waals surface area contributed by atoms with Crippen molar-refractivity contribution in [1.82, 2.24) is 20.1 Å². The first-order valence-electron chi connectivity index (χ1n) is 9.33. The van der Waals surface area contributed by atoms with Crippen LogP contribution in [-0.4, -0.2) is 32.7 Å². The number of hydrogen-bond donors (Lipinski definition) is 1. The van der Waals surface area contributed by atoms with Gasteiger partial charge in [-0.15, -0.1) is 10.2 Å². The summed E-state index contributed by atoms with van der Waals surface area (Å²) in [6, 6.07) is 13.8. The molecule has 1 N–H and O–H groups in total. The van der Waals surface area contributed by atoms with E-state index >= 15 is 0 Å². The molecular formula is C21H22N4O3S. The van der Waals surface area contributed by atoms with E-state index in [-0.39, 0.29) is 18.0 Å². The number of rotatable bonds is 6. The van der Waals surface area contributed by atoms with Gasteiger partial charge in [0, 0.05) is 12.2 Å². The van der Waals surface area contributed by atoms with Gasteiger partial charge in [-0.25, -0.2) is 0 Å². The van der Waals surface area contributed by atoms with E-state index in [1.54, 1.807) is 0 Å². The highest BCUT2D eigenvalue weighted by Crippen LogP contribution is 2.32. The Hall–Kier alpha value is -3.00. The van der Waals surface area contributed by atoms with Crippen LogP contribution in [0, 0.1) is 13.8 Å². The molecule has 0 saturated heterocycles. The van der Waals surface area contributed by atoms with E-state index in [0.29, 0.717) is 17.5 Å². The Morgan fingerprint density at radius 2 is 1.90 bits per heavy atom. The Morgan fingerprint density at radius 3 is 2.69 bits per heavy atom. The molecule has 2 aromatic carbocycles. The van der Waals surface area contributed by atoms with Crippen LogP contribution in [0.4, 0.5) is 0 Å². The van der Waals surface area contributed by atoms with Gasteiger partial charge < -0.3 is 14.8 Å². The summed E-state index contributed by atoms with van der Waals surface area (Å²) in [7, 11) is 0. The second-order valence-corrected chi connectivity index (χ2v) is 8.17. The molecule has 29 heavy (non-hydrogen) atoms. The number of nitrogens with one attached hydrogen (secondary N) is 1. The average molecular weight is 410 g/mol. The molecule has 0 spiro atoms. The molecule has 0 aliphatic carbocycles. The minimum absolute atomic E-state index is 0.0659. The lowest BCUT2D eigenvalue weighted by molar-refractivity contribution is -0.120. The summed E-state index contributed by atoms with van der Waals surface area (Å²) < 4.78 is 12.7. The summed E-state index contributed by atoms with van der Waals surface area (Å²) >= 11 is 1.39. The maximum absolute atomic E-state index is 12.6.